The van der Waals surface area contributed by atoms with Crippen LogP contribution in [0.5, 0.6) is 0 Å². The summed E-state index contributed by atoms with van der Waals surface area (Å²) in [6.07, 6.45) is 0.552. The zero-order chi connectivity index (χ0) is 15.2. The van der Waals surface area contributed by atoms with Crippen molar-refractivity contribution in [1.29, 1.82) is 5.26 Å². The smallest absolute Gasteiger partial charge is 0.335 e. The third-order valence-electron chi connectivity index (χ3n) is 3.06. The number of hydrogen-bond donors (Lipinski definition) is 2. The van der Waals surface area contributed by atoms with Crippen molar-refractivity contribution in [3.8, 4) is 6.07 Å². The molecule has 0 aliphatic rings. The van der Waals surface area contributed by atoms with E-state index >= 15 is 0 Å². The highest BCUT2D eigenvalue weighted by molar-refractivity contribution is 6.30. The average molecular weight is 301 g/mol. The number of carboxylic acids is 1. The van der Waals surface area contributed by atoms with Crippen LogP contribution in [0.2, 0.25) is 5.02 Å². The van der Waals surface area contributed by atoms with Gasteiger partial charge in [0.15, 0.2) is 0 Å². The Kier molecular flexibility index (Phi) is 4.81. The minimum atomic E-state index is -0.935. The summed E-state index contributed by atoms with van der Waals surface area (Å²) in [6.45, 7) is 0.528. The molecule has 0 heterocycles. The van der Waals surface area contributed by atoms with E-state index in [0.717, 1.165) is 5.56 Å². The van der Waals surface area contributed by atoms with Crippen molar-refractivity contribution in [2.75, 3.05) is 11.9 Å². The van der Waals surface area contributed by atoms with Gasteiger partial charge in [-0.05, 0) is 36.2 Å². The second kappa shape index (κ2) is 6.78. The number of carbonyl (C=O) groups is 1. The topological polar surface area (TPSA) is 73.1 Å². The molecule has 0 fully saturated rings. The number of hydrogen-bond acceptors (Lipinski definition) is 3. The van der Waals surface area contributed by atoms with E-state index in [9.17, 15) is 4.79 Å². The van der Waals surface area contributed by atoms with Crippen molar-refractivity contribution in [3.63, 3.8) is 0 Å². The lowest BCUT2D eigenvalue weighted by Gasteiger charge is -2.10. The lowest BCUT2D eigenvalue weighted by Crippen LogP contribution is -2.09. The molecule has 0 aliphatic heterocycles. The number of halogens is 1. The highest BCUT2D eigenvalue weighted by Gasteiger charge is 2.09. The number of carboxylic acid groups (broad SMARTS) is 1. The fraction of sp³-hybridized carbons (Fsp3) is 0.125. The molecule has 0 saturated heterocycles. The first kappa shape index (κ1) is 14.9. The summed E-state index contributed by atoms with van der Waals surface area (Å²) in [5, 5.41) is 21.8. The van der Waals surface area contributed by atoms with Gasteiger partial charge < -0.3 is 10.4 Å². The standard InChI is InChI=1S/C16H13ClN2O2/c17-13-5-6-15(12(9-13)10-18)19-8-7-11-3-1-2-4-14(11)16(20)21/h1-6,9,19H,7-8H2,(H,20,21). The summed E-state index contributed by atoms with van der Waals surface area (Å²) in [7, 11) is 0. The predicted molar refractivity (Wildman–Crippen MR) is 81.8 cm³/mol. The van der Waals surface area contributed by atoms with Crippen LogP contribution in [0.4, 0.5) is 5.69 Å². The SMILES string of the molecule is N#Cc1cc(Cl)ccc1NCCc1ccccc1C(=O)O. The van der Waals surface area contributed by atoms with Gasteiger partial charge >= 0.3 is 5.97 Å². The molecule has 0 bridgehead atoms. The van der Waals surface area contributed by atoms with Crippen LogP contribution in [-0.2, 0) is 6.42 Å². The maximum atomic E-state index is 11.1. The highest BCUT2D eigenvalue weighted by Crippen LogP contribution is 2.20. The second-order valence-corrected chi connectivity index (χ2v) is 4.88. The lowest BCUT2D eigenvalue weighted by atomic mass is 10.0. The largest absolute Gasteiger partial charge is 0.478 e. The molecule has 4 nitrogen and oxygen atoms in total. The Hall–Kier alpha value is -2.51. The summed E-state index contributed by atoms with van der Waals surface area (Å²) in [5.41, 5.74) is 2.21. The van der Waals surface area contributed by atoms with Crippen molar-refractivity contribution >= 4 is 23.3 Å². The Morgan fingerprint density at radius 3 is 2.76 bits per heavy atom. The van der Waals surface area contributed by atoms with E-state index in [1.807, 2.05) is 6.07 Å². The first-order chi connectivity index (χ1) is 10.1. The number of benzene rings is 2. The van der Waals surface area contributed by atoms with Gasteiger partial charge in [0, 0.05) is 11.6 Å². The van der Waals surface area contributed by atoms with Gasteiger partial charge in [0.2, 0.25) is 0 Å². The van der Waals surface area contributed by atoms with E-state index < -0.39 is 5.97 Å². The van der Waals surface area contributed by atoms with Crippen LogP contribution in [0.3, 0.4) is 0 Å². The average Bonchev–Trinajstić information content (AvgIpc) is 2.49. The molecule has 0 amide bonds. The lowest BCUT2D eigenvalue weighted by molar-refractivity contribution is 0.0695. The molecule has 2 aromatic carbocycles. The summed E-state index contributed by atoms with van der Waals surface area (Å²) in [5.74, 6) is -0.935. The number of rotatable bonds is 5. The number of nitriles is 1. The highest BCUT2D eigenvalue weighted by atomic mass is 35.5. The Morgan fingerprint density at radius 1 is 1.29 bits per heavy atom. The van der Waals surface area contributed by atoms with Gasteiger partial charge in [0.1, 0.15) is 6.07 Å². The number of nitrogens with one attached hydrogen (secondary N) is 1. The molecular formula is C16H13ClN2O2. The summed E-state index contributed by atoms with van der Waals surface area (Å²) >= 11 is 5.84. The van der Waals surface area contributed by atoms with Crippen LogP contribution in [0.25, 0.3) is 0 Å². The van der Waals surface area contributed by atoms with Gasteiger partial charge in [-0.15, -0.1) is 0 Å². The summed E-state index contributed by atoms with van der Waals surface area (Å²) in [6, 6.07) is 14.0. The summed E-state index contributed by atoms with van der Waals surface area (Å²) < 4.78 is 0. The molecule has 0 saturated carbocycles. The molecule has 21 heavy (non-hydrogen) atoms. The molecule has 0 aromatic heterocycles. The molecule has 0 unspecified atom stereocenters. The van der Waals surface area contributed by atoms with Crippen LogP contribution in [0, 0.1) is 11.3 Å². The molecule has 5 heteroatoms. The molecule has 0 aliphatic carbocycles. The van der Waals surface area contributed by atoms with Gasteiger partial charge in [0.25, 0.3) is 0 Å². The molecule has 0 radical (unpaired) electrons. The third-order valence-corrected chi connectivity index (χ3v) is 3.29. The number of nitrogens with zero attached hydrogens (tertiary/aromatic N) is 1. The quantitative estimate of drug-likeness (QED) is 0.885. The normalized spacial score (nSPS) is 9.90. The Balaban J connectivity index is 2.06. The van der Waals surface area contributed by atoms with E-state index in [1.165, 1.54) is 0 Å². The summed E-state index contributed by atoms with van der Waals surface area (Å²) in [4.78, 5) is 11.1. The van der Waals surface area contributed by atoms with E-state index in [-0.39, 0.29) is 0 Å². The van der Waals surface area contributed by atoms with E-state index in [2.05, 4.69) is 11.4 Å². The van der Waals surface area contributed by atoms with Crippen LogP contribution in [-0.4, -0.2) is 17.6 Å². The van der Waals surface area contributed by atoms with Gasteiger partial charge in [-0.25, -0.2) is 4.79 Å². The zero-order valence-corrected chi connectivity index (χ0v) is 11.9. The first-order valence-corrected chi connectivity index (χ1v) is 6.74. The molecule has 2 rings (SSSR count). The van der Waals surface area contributed by atoms with Crippen LogP contribution >= 0.6 is 11.6 Å². The van der Waals surface area contributed by atoms with Crippen molar-refractivity contribution in [2.45, 2.75) is 6.42 Å². The zero-order valence-electron chi connectivity index (χ0n) is 11.1. The monoisotopic (exact) mass is 300 g/mol. The Bertz CT molecular complexity index is 708. The van der Waals surface area contributed by atoms with Gasteiger partial charge in [-0.3, -0.25) is 0 Å². The molecule has 2 aromatic rings. The maximum Gasteiger partial charge on any atom is 0.335 e. The Morgan fingerprint density at radius 2 is 2.05 bits per heavy atom. The predicted octanol–water partition coefficient (Wildman–Crippen LogP) is 3.56. The van der Waals surface area contributed by atoms with E-state index in [0.29, 0.717) is 34.8 Å². The molecule has 0 spiro atoms. The number of anilines is 1. The van der Waals surface area contributed by atoms with E-state index in [4.69, 9.17) is 22.0 Å². The maximum absolute atomic E-state index is 11.1. The Labute approximate surface area is 127 Å². The van der Waals surface area contributed by atoms with E-state index in [1.54, 1.807) is 36.4 Å². The van der Waals surface area contributed by atoms with Gasteiger partial charge in [-0.2, -0.15) is 5.26 Å². The molecule has 0 atom stereocenters. The van der Waals surface area contributed by atoms with Crippen LogP contribution in [0.15, 0.2) is 42.5 Å². The number of aromatic carboxylic acids is 1. The molecule has 106 valence electrons. The minimum Gasteiger partial charge on any atom is -0.478 e. The van der Waals surface area contributed by atoms with Crippen molar-refractivity contribution in [3.05, 3.63) is 64.2 Å². The van der Waals surface area contributed by atoms with Crippen molar-refractivity contribution in [1.82, 2.24) is 0 Å². The van der Waals surface area contributed by atoms with Crippen LogP contribution in [0.1, 0.15) is 21.5 Å². The fourth-order valence-electron chi connectivity index (χ4n) is 2.04. The third kappa shape index (κ3) is 3.74. The van der Waals surface area contributed by atoms with Crippen molar-refractivity contribution in [2.24, 2.45) is 0 Å². The fourth-order valence-corrected chi connectivity index (χ4v) is 2.21. The van der Waals surface area contributed by atoms with Crippen LogP contribution < -0.4 is 5.32 Å². The van der Waals surface area contributed by atoms with Gasteiger partial charge in [0.05, 0.1) is 16.8 Å². The molecular weight excluding hydrogens is 288 g/mol. The first-order valence-electron chi connectivity index (χ1n) is 6.36. The minimum absolute atomic E-state index is 0.302. The second-order valence-electron chi connectivity index (χ2n) is 4.44. The van der Waals surface area contributed by atoms with Crippen molar-refractivity contribution < 1.29 is 9.90 Å². The molecule has 2 N–H and O–H groups in total. The van der Waals surface area contributed by atoms with Gasteiger partial charge in [-0.1, -0.05) is 29.8 Å².